The van der Waals surface area contributed by atoms with Gasteiger partial charge in [0.05, 0.1) is 24.9 Å². The van der Waals surface area contributed by atoms with E-state index in [1.807, 2.05) is 12.1 Å². The summed E-state index contributed by atoms with van der Waals surface area (Å²) in [6.45, 7) is 0.351. The maximum atomic E-state index is 11.8. The van der Waals surface area contributed by atoms with E-state index in [0.717, 1.165) is 45.6 Å². The fourth-order valence-electron chi connectivity index (χ4n) is 3.28. The Labute approximate surface area is 181 Å². The zero-order valence-electron chi connectivity index (χ0n) is 13.5. The molecular weight excluding hydrogens is 578 g/mol. The van der Waals surface area contributed by atoms with E-state index in [4.69, 9.17) is 0 Å². The third kappa shape index (κ3) is 3.36. The van der Waals surface area contributed by atoms with Gasteiger partial charge < -0.3 is 9.67 Å². The van der Waals surface area contributed by atoms with Gasteiger partial charge in [-0.3, -0.25) is 14.5 Å². The lowest BCUT2D eigenvalue weighted by Gasteiger charge is -2.19. The maximum Gasteiger partial charge on any atom is 0.288 e. The Balaban J connectivity index is 1.73. The van der Waals surface area contributed by atoms with Gasteiger partial charge >= 0.3 is 0 Å². The molecule has 1 N–H and O–H groups in total. The number of halogens is 2. The molecule has 0 unspecified atom stereocenters. The van der Waals surface area contributed by atoms with Gasteiger partial charge in [0.2, 0.25) is 5.91 Å². The van der Waals surface area contributed by atoms with Crippen LogP contribution in [0.4, 0.5) is 4.79 Å². The van der Waals surface area contributed by atoms with Crippen LogP contribution in [-0.4, -0.2) is 44.1 Å². The number of rotatable bonds is 4. The Hall–Kier alpha value is -0.850. The van der Waals surface area contributed by atoms with Crippen molar-refractivity contribution in [2.75, 3.05) is 12.3 Å². The molecule has 8 heteroatoms. The number of carbonyl (C=O) groups is 2. The second-order valence-electron chi connectivity index (χ2n) is 6.15. The zero-order valence-corrected chi connectivity index (χ0v) is 18.6. The predicted octanol–water partition coefficient (Wildman–Crippen LogP) is 4.06. The van der Waals surface area contributed by atoms with Crippen molar-refractivity contribution in [1.29, 1.82) is 0 Å². The first-order valence-corrected chi connectivity index (χ1v) is 11.1. The fourth-order valence-corrected chi connectivity index (χ4v) is 5.00. The molecule has 2 heterocycles. The quantitative estimate of drug-likeness (QED) is 0.465. The van der Waals surface area contributed by atoms with E-state index in [2.05, 4.69) is 74.0 Å². The Kier molecular flexibility index (Phi) is 5.19. The molecule has 2 amide bonds. The number of amides is 2. The van der Waals surface area contributed by atoms with Crippen LogP contribution in [0.2, 0.25) is 0 Å². The number of aliphatic hydroxyl groups excluding tert-OH is 1. The van der Waals surface area contributed by atoms with E-state index in [0.29, 0.717) is 6.54 Å². The molecule has 134 valence electrons. The normalized spacial score (nSPS) is 16.2. The summed E-state index contributed by atoms with van der Waals surface area (Å²) in [5.41, 5.74) is 2.07. The van der Waals surface area contributed by atoms with E-state index in [1.165, 1.54) is 0 Å². The van der Waals surface area contributed by atoms with E-state index in [-0.39, 0.29) is 23.4 Å². The molecular formula is C18H14I2N2O3S. The minimum Gasteiger partial charge on any atom is -0.389 e. The lowest BCUT2D eigenvalue weighted by Crippen LogP contribution is -2.37. The first kappa shape index (κ1) is 18.5. The van der Waals surface area contributed by atoms with Gasteiger partial charge in [0, 0.05) is 28.9 Å². The first-order valence-electron chi connectivity index (χ1n) is 7.96. The largest absolute Gasteiger partial charge is 0.389 e. The van der Waals surface area contributed by atoms with Crippen LogP contribution in [0.15, 0.2) is 36.4 Å². The zero-order chi connectivity index (χ0) is 18.4. The highest BCUT2D eigenvalue weighted by Crippen LogP contribution is 2.32. The van der Waals surface area contributed by atoms with Gasteiger partial charge in [-0.05, 0) is 81.6 Å². The maximum absolute atomic E-state index is 11.8. The van der Waals surface area contributed by atoms with Crippen LogP contribution in [0.1, 0.15) is 0 Å². The van der Waals surface area contributed by atoms with Crippen LogP contribution in [0.5, 0.6) is 0 Å². The molecule has 1 fully saturated rings. The van der Waals surface area contributed by atoms with Gasteiger partial charge in [-0.15, -0.1) is 0 Å². The van der Waals surface area contributed by atoms with Crippen LogP contribution in [0.25, 0.3) is 21.8 Å². The number of benzene rings is 2. The third-order valence-electron chi connectivity index (χ3n) is 4.42. The summed E-state index contributed by atoms with van der Waals surface area (Å²) in [7, 11) is 0. The molecule has 2 aromatic carbocycles. The number of β-amino-alcohol motifs (C(OH)–C–C–N with tert-alkyl or cyclic N) is 1. The van der Waals surface area contributed by atoms with Crippen molar-refractivity contribution in [1.82, 2.24) is 9.47 Å². The van der Waals surface area contributed by atoms with Gasteiger partial charge in [0.1, 0.15) is 0 Å². The number of thioether (sulfide) groups is 1. The Morgan fingerprint density at radius 1 is 1.00 bits per heavy atom. The topological polar surface area (TPSA) is 62.5 Å². The van der Waals surface area contributed by atoms with E-state index < -0.39 is 6.10 Å². The lowest BCUT2D eigenvalue weighted by molar-refractivity contribution is -0.125. The first-order chi connectivity index (χ1) is 12.4. The van der Waals surface area contributed by atoms with Gasteiger partial charge in [0.25, 0.3) is 5.24 Å². The van der Waals surface area contributed by atoms with Crippen molar-refractivity contribution in [3.63, 3.8) is 0 Å². The summed E-state index contributed by atoms with van der Waals surface area (Å²) < 4.78 is 4.37. The standard InChI is InChI=1S/C18H14I2N2O3S/c19-10-1-3-15-13(5-10)14-6-11(20)2-4-16(14)21(15)7-12(23)8-22-17(24)9-26-18(22)25/h1-6,12,23H,7-9H2/t12-/m0/s1. The van der Waals surface area contributed by atoms with Crippen LogP contribution in [0.3, 0.4) is 0 Å². The van der Waals surface area contributed by atoms with Gasteiger partial charge in [0.15, 0.2) is 0 Å². The minimum atomic E-state index is -0.820. The highest BCUT2D eigenvalue weighted by atomic mass is 127. The van der Waals surface area contributed by atoms with Crippen molar-refractivity contribution >= 4 is 89.9 Å². The molecule has 4 rings (SSSR count). The number of hydrogen-bond acceptors (Lipinski definition) is 4. The molecule has 1 aliphatic rings. The van der Waals surface area contributed by atoms with Gasteiger partial charge in [-0.25, -0.2) is 0 Å². The van der Waals surface area contributed by atoms with Gasteiger partial charge in [-0.1, -0.05) is 11.8 Å². The van der Waals surface area contributed by atoms with Crippen LogP contribution < -0.4 is 0 Å². The average Bonchev–Trinajstić information content (AvgIpc) is 3.07. The van der Waals surface area contributed by atoms with Crippen LogP contribution >= 0.6 is 56.9 Å². The number of hydrogen-bond donors (Lipinski definition) is 1. The molecule has 1 aromatic heterocycles. The molecule has 3 aromatic rings. The van der Waals surface area contributed by atoms with Crippen molar-refractivity contribution in [2.45, 2.75) is 12.6 Å². The summed E-state index contributed by atoms with van der Waals surface area (Å²) in [6.07, 6.45) is -0.820. The smallest absolute Gasteiger partial charge is 0.288 e. The molecule has 0 aliphatic carbocycles. The van der Waals surface area contributed by atoms with Crippen molar-refractivity contribution in [3.8, 4) is 0 Å². The molecule has 1 atom stereocenters. The Bertz CT molecular complexity index is 975. The summed E-state index contributed by atoms with van der Waals surface area (Å²) in [5.74, 6) is -0.0666. The van der Waals surface area contributed by atoms with Crippen molar-refractivity contribution < 1.29 is 14.7 Å². The van der Waals surface area contributed by atoms with E-state index >= 15 is 0 Å². The van der Waals surface area contributed by atoms with Crippen LogP contribution in [0, 0.1) is 7.14 Å². The van der Waals surface area contributed by atoms with Crippen LogP contribution in [-0.2, 0) is 11.3 Å². The number of carbonyl (C=O) groups excluding carboxylic acids is 2. The van der Waals surface area contributed by atoms with Crippen molar-refractivity contribution in [2.24, 2.45) is 0 Å². The SMILES string of the molecule is O=C1CSC(=O)N1C[C@@H](O)Cn1c2ccc(I)cc2c2cc(I)ccc21. The summed E-state index contributed by atoms with van der Waals surface area (Å²) in [5, 5.41) is 12.6. The van der Waals surface area contributed by atoms with E-state index in [9.17, 15) is 14.7 Å². The number of nitrogens with zero attached hydrogens (tertiary/aromatic N) is 2. The highest BCUT2D eigenvalue weighted by Gasteiger charge is 2.31. The number of aromatic nitrogens is 1. The minimum absolute atomic E-state index is 0.0283. The monoisotopic (exact) mass is 592 g/mol. The molecule has 0 bridgehead atoms. The molecule has 0 spiro atoms. The predicted molar refractivity (Wildman–Crippen MR) is 120 cm³/mol. The highest BCUT2D eigenvalue weighted by molar-refractivity contribution is 14.1. The Morgan fingerprint density at radius 2 is 1.58 bits per heavy atom. The lowest BCUT2D eigenvalue weighted by atomic mass is 10.2. The second-order valence-corrected chi connectivity index (χ2v) is 9.56. The summed E-state index contributed by atoms with van der Waals surface area (Å²) in [4.78, 5) is 24.7. The second kappa shape index (κ2) is 7.28. The molecule has 0 saturated carbocycles. The number of fused-ring (bicyclic) bond motifs is 3. The number of aliphatic hydroxyl groups is 1. The molecule has 0 radical (unpaired) electrons. The summed E-state index contributed by atoms with van der Waals surface area (Å²) >= 11 is 5.58. The molecule has 5 nitrogen and oxygen atoms in total. The molecule has 26 heavy (non-hydrogen) atoms. The van der Waals surface area contributed by atoms with Gasteiger partial charge in [-0.2, -0.15) is 0 Å². The van der Waals surface area contributed by atoms with E-state index in [1.54, 1.807) is 0 Å². The summed E-state index contributed by atoms with van der Waals surface area (Å²) in [6, 6.07) is 12.5. The fraction of sp³-hybridized carbons (Fsp3) is 0.222. The molecule has 1 aliphatic heterocycles. The third-order valence-corrected chi connectivity index (χ3v) is 6.62. The average molecular weight is 592 g/mol. The Morgan fingerprint density at radius 3 is 2.08 bits per heavy atom. The molecule has 1 saturated heterocycles. The number of imide groups is 1. The van der Waals surface area contributed by atoms with Crippen molar-refractivity contribution in [3.05, 3.63) is 43.5 Å².